The first-order valence-corrected chi connectivity index (χ1v) is 9.11. The standard InChI is InChI=1S/C18H28N4O2/c23-18(19-8-11-22-9-2-1-3-10-22)21-13-16-6-7-17(20-12-16)24-14-15-4-5-15/h6-7,12,15H,1-5,8-11,13-14H2,(H2,19,21,23). The summed E-state index contributed by atoms with van der Waals surface area (Å²) < 4.78 is 5.61. The SMILES string of the molecule is O=C(NCCN1CCCCC1)NCc1ccc(OCC2CC2)nc1. The minimum atomic E-state index is -0.124. The van der Waals surface area contributed by atoms with Gasteiger partial charge in [0.25, 0.3) is 0 Å². The number of hydrogen-bond acceptors (Lipinski definition) is 4. The number of carbonyl (C=O) groups is 1. The third-order valence-electron chi connectivity index (χ3n) is 4.58. The minimum Gasteiger partial charge on any atom is -0.477 e. The van der Waals surface area contributed by atoms with Crippen LogP contribution in [-0.2, 0) is 6.54 Å². The van der Waals surface area contributed by atoms with Crippen molar-refractivity contribution in [1.82, 2.24) is 20.5 Å². The Bertz CT molecular complexity index is 510. The summed E-state index contributed by atoms with van der Waals surface area (Å²) in [6.07, 6.45) is 8.20. The van der Waals surface area contributed by atoms with Gasteiger partial charge in [-0.05, 0) is 50.3 Å². The maximum Gasteiger partial charge on any atom is 0.315 e. The van der Waals surface area contributed by atoms with Crippen LogP contribution in [0.15, 0.2) is 18.3 Å². The number of carbonyl (C=O) groups excluding carboxylic acids is 1. The van der Waals surface area contributed by atoms with Crippen LogP contribution in [0.3, 0.4) is 0 Å². The minimum absolute atomic E-state index is 0.124. The summed E-state index contributed by atoms with van der Waals surface area (Å²) in [5, 5.41) is 5.78. The van der Waals surface area contributed by atoms with Crippen molar-refractivity contribution >= 4 is 6.03 Å². The van der Waals surface area contributed by atoms with Crippen molar-refractivity contribution < 1.29 is 9.53 Å². The van der Waals surface area contributed by atoms with Gasteiger partial charge >= 0.3 is 6.03 Å². The number of urea groups is 1. The monoisotopic (exact) mass is 332 g/mol. The normalized spacial score (nSPS) is 18.2. The maximum atomic E-state index is 11.8. The molecule has 1 aromatic heterocycles. The predicted molar refractivity (Wildman–Crippen MR) is 93.0 cm³/mol. The first-order chi connectivity index (χ1) is 11.8. The van der Waals surface area contributed by atoms with Crippen molar-refractivity contribution in [3.63, 3.8) is 0 Å². The second-order valence-electron chi connectivity index (χ2n) is 6.77. The van der Waals surface area contributed by atoms with E-state index in [0.717, 1.165) is 37.7 Å². The van der Waals surface area contributed by atoms with Gasteiger partial charge in [-0.1, -0.05) is 12.5 Å². The van der Waals surface area contributed by atoms with Crippen LogP contribution >= 0.6 is 0 Å². The molecule has 1 aromatic rings. The molecule has 1 saturated carbocycles. The first-order valence-electron chi connectivity index (χ1n) is 9.11. The van der Waals surface area contributed by atoms with E-state index in [9.17, 15) is 4.79 Å². The third-order valence-corrected chi connectivity index (χ3v) is 4.58. The van der Waals surface area contributed by atoms with Gasteiger partial charge in [-0.3, -0.25) is 0 Å². The molecule has 6 nitrogen and oxygen atoms in total. The van der Waals surface area contributed by atoms with Gasteiger partial charge in [-0.25, -0.2) is 9.78 Å². The fourth-order valence-corrected chi connectivity index (χ4v) is 2.84. The molecule has 0 radical (unpaired) electrons. The Labute approximate surface area is 144 Å². The van der Waals surface area contributed by atoms with Gasteiger partial charge in [0.05, 0.1) is 6.61 Å². The highest BCUT2D eigenvalue weighted by Crippen LogP contribution is 2.29. The highest BCUT2D eigenvalue weighted by Gasteiger charge is 2.22. The molecule has 0 aromatic carbocycles. The largest absolute Gasteiger partial charge is 0.477 e. The Kier molecular flexibility index (Phi) is 6.29. The number of nitrogens with one attached hydrogen (secondary N) is 2. The van der Waals surface area contributed by atoms with Crippen molar-refractivity contribution in [3.05, 3.63) is 23.9 Å². The van der Waals surface area contributed by atoms with E-state index in [1.54, 1.807) is 6.20 Å². The van der Waals surface area contributed by atoms with Gasteiger partial charge in [0, 0.05) is 31.9 Å². The average molecular weight is 332 g/mol. The predicted octanol–water partition coefficient (Wildman–Crippen LogP) is 2.16. The van der Waals surface area contributed by atoms with Gasteiger partial charge in [-0.2, -0.15) is 0 Å². The molecule has 0 atom stereocenters. The summed E-state index contributed by atoms with van der Waals surface area (Å²) in [5.41, 5.74) is 0.972. The summed E-state index contributed by atoms with van der Waals surface area (Å²) in [4.78, 5) is 18.5. The molecule has 1 aliphatic heterocycles. The van der Waals surface area contributed by atoms with E-state index >= 15 is 0 Å². The first kappa shape index (κ1) is 17.0. The number of ether oxygens (including phenoxy) is 1. The number of aromatic nitrogens is 1. The summed E-state index contributed by atoms with van der Waals surface area (Å²) in [6.45, 7) is 5.18. The molecule has 2 amide bonds. The molecule has 2 heterocycles. The highest BCUT2D eigenvalue weighted by atomic mass is 16.5. The molecule has 0 unspecified atom stereocenters. The topological polar surface area (TPSA) is 66.5 Å². The Hall–Kier alpha value is -1.82. The zero-order valence-corrected chi connectivity index (χ0v) is 14.3. The second kappa shape index (κ2) is 8.87. The van der Waals surface area contributed by atoms with Crippen LogP contribution in [0.1, 0.15) is 37.7 Å². The van der Waals surface area contributed by atoms with Crippen molar-refractivity contribution in [3.8, 4) is 5.88 Å². The molecule has 1 saturated heterocycles. The number of nitrogens with zero attached hydrogens (tertiary/aromatic N) is 2. The lowest BCUT2D eigenvalue weighted by molar-refractivity contribution is 0.220. The summed E-state index contributed by atoms with van der Waals surface area (Å²) >= 11 is 0. The molecular formula is C18H28N4O2. The molecule has 2 aliphatic rings. The number of hydrogen-bond donors (Lipinski definition) is 2. The summed E-state index contributed by atoms with van der Waals surface area (Å²) in [5.74, 6) is 1.39. The molecule has 132 valence electrons. The third kappa shape index (κ3) is 6.00. The number of amides is 2. The van der Waals surface area contributed by atoms with E-state index in [2.05, 4.69) is 20.5 Å². The molecule has 2 fully saturated rings. The van der Waals surface area contributed by atoms with E-state index < -0.39 is 0 Å². The Balaban J connectivity index is 1.28. The fraction of sp³-hybridized carbons (Fsp3) is 0.667. The van der Waals surface area contributed by atoms with Crippen molar-refractivity contribution in [2.45, 2.75) is 38.6 Å². The average Bonchev–Trinajstić information content (AvgIpc) is 3.44. The summed E-state index contributed by atoms with van der Waals surface area (Å²) in [7, 11) is 0. The Morgan fingerprint density at radius 1 is 1.21 bits per heavy atom. The molecule has 0 spiro atoms. The van der Waals surface area contributed by atoms with Crippen LogP contribution < -0.4 is 15.4 Å². The number of pyridine rings is 1. The van der Waals surface area contributed by atoms with E-state index in [1.165, 1.54) is 32.1 Å². The quantitative estimate of drug-likeness (QED) is 0.765. The van der Waals surface area contributed by atoms with Crippen LogP contribution in [0.5, 0.6) is 5.88 Å². The molecule has 1 aliphatic carbocycles. The molecule has 0 bridgehead atoms. The van der Waals surface area contributed by atoms with E-state index in [-0.39, 0.29) is 6.03 Å². The van der Waals surface area contributed by atoms with Crippen molar-refractivity contribution in [2.75, 3.05) is 32.8 Å². The van der Waals surface area contributed by atoms with Crippen LogP contribution in [-0.4, -0.2) is 48.7 Å². The van der Waals surface area contributed by atoms with Gasteiger partial charge < -0.3 is 20.3 Å². The maximum absolute atomic E-state index is 11.8. The van der Waals surface area contributed by atoms with Crippen LogP contribution in [0.2, 0.25) is 0 Å². The van der Waals surface area contributed by atoms with Gasteiger partial charge in [-0.15, -0.1) is 0 Å². The number of piperidine rings is 1. The molecular weight excluding hydrogens is 304 g/mol. The number of likely N-dealkylation sites (tertiary alicyclic amines) is 1. The van der Waals surface area contributed by atoms with E-state index in [1.807, 2.05) is 12.1 Å². The van der Waals surface area contributed by atoms with E-state index in [4.69, 9.17) is 4.74 Å². The number of rotatable bonds is 8. The van der Waals surface area contributed by atoms with Gasteiger partial charge in [0.15, 0.2) is 0 Å². The molecule has 2 N–H and O–H groups in total. The van der Waals surface area contributed by atoms with Gasteiger partial charge in [0.2, 0.25) is 5.88 Å². The Morgan fingerprint density at radius 3 is 2.75 bits per heavy atom. The Morgan fingerprint density at radius 2 is 2.04 bits per heavy atom. The lowest BCUT2D eigenvalue weighted by Crippen LogP contribution is -2.41. The van der Waals surface area contributed by atoms with Gasteiger partial charge in [0.1, 0.15) is 0 Å². The zero-order valence-electron chi connectivity index (χ0n) is 14.3. The molecule has 3 rings (SSSR count). The molecule has 6 heteroatoms. The highest BCUT2D eigenvalue weighted by molar-refractivity contribution is 5.73. The lowest BCUT2D eigenvalue weighted by Gasteiger charge is -2.26. The molecule has 24 heavy (non-hydrogen) atoms. The fourth-order valence-electron chi connectivity index (χ4n) is 2.84. The van der Waals surface area contributed by atoms with Crippen LogP contribution in [0.25, 0.3) is 0 Å². The summed E-state index contributed by atoms with van der Waals surface area (Å²) in [6, 6.07) is 3.69. The second-order valence-corrected chi connectivity index (χ2v) is 6.77. The van der Waals surface area contributed by atoms with Crippen LogP contribution in [0.4, 0.5) is 4.79 Å². The van der Waals surface area contributed by atoms with Crippen molar-refractivity contribution in [1.29, 1.82) is 0 Å². The zero-order chi connectivity index (χ0) is 16.6. The lowest BCUT2D eigenvalue weighted by atomic mass is 10.1. The van der Waals surface area contributed by atoms with Crippen molar-refractivity contribution in [2.24, 2.45) is 5.92 Å². The van der Waals surface area contributed by atoms with E-state index in [0.29, 0.717) is 19.0 Å². The van der Waals surface area contributed by atoms with Crippen LogP contribution in [0, 0.1) is 5.92 Å². The smallest absolute Gasteiger partial charge is 0.315 e.